The highest BCUT2D eigenvalue weighted by molar-refractivity contribution is 5.92. The number of aryl methyl sites for hydroxylation is 1. The monoisotopic (exact) mass is 332 g/mol. The molecule has 0 radical (unpaired) electrons. The molecule has 3 fully saturated rings. The van der Waals surface area contributed by atoms with E-state index in [0.717, 1.165) is 13.0 Å². The summed E-state index contributed by atoms with van der Waals surface area (Å²) in [5.41, 5.74) is 0.552. The van der Waals surface area contributed by atoms with Gasteiger partial charge in [0.1, 0.15) is 5.69 Å². The van der Waals surface area contributed by atoms with Crippen LogP contribution < -0.4 is 5.32 Å². The van der Waals surface area contributed by atoms with Gasteiger partial charge in [0, 0.05) is 50.6 Å². The zero-order valence-corrected chi connectivity index (χ0v) is 14.1. The van der Waals surface area contributed by atoms with Gasteiger partial charge in [-0.2, -0.15) is 5.10 Å². The summed E-state index contributed by atoms with van der Waals surface area (Å²) in [6.45, 7) is 4.83. The van der Waals surface area contributed by atoms with Crippen molar-refractivity contribution in [3.8, 4) is 0 Å². The summed E-state index contributed by atoms with van der Waals surface area (Å²) in [6.07, 6.45) is 2.76. The Morgan fingerprint density at radius 1 is 1.42 bits per heavy atom. The van der Waals surface area contributed by atoms with Gasteiger partial charge >= 0.3 is 0 Å². The first-order chi connectivity index (χ1) is 11.5. The smallest absolute Gasteiger partial charge is 0.269 e. The maximum absolute atomic E-state index is 12.4. The van der Waals surface area contributed by atoms with E-state index in [1.165, 1.54) is 0 Å². The van der Waals surface area contributed by atoms with E-state index in [9.17, 15) is 9.59 Å². The van der Waals surface area contributed by atoms with Crippen molar-refractivity contribution in [3.05, 3.63) is 18.0 Å². The molecule has 1 saturated carbocycles. The summed E-state index contributed by atoms with van der Waals surface area (Å²) in [7, 11) is 1.75. The minimum atomic E-state index is -0.115. The van der Waals surface area contributed by atoms with Crippen LogP contribution in [-0.2, 0) is 16.6 Å². The van der Waals surface area contributed by atoms with Crippen molar-refractivity contribution >= 4 is 11.8 Å². The minimum absolute atomic E-state index is 0.115. The standard InChI is InChI=1S/C17H24N4O3/c1-10-5-12(10)17(23)21-7-13-11(9-24-15(13)8-21)6-18-16(22)14-3-4-19-20(14)2/h3-4,10-13,15H,5-9H2,1-2H3,(H,18,22)/t10-,11+,12+,13-,15-/m1/s1. The molecule has 1 aromatic heterocycles. The Labute approximate surface area is 141 Å². The zero-order valence-electron chi connectivity index (χ0n) is 14.1. The van der Waals surface area contributed by atoms with Gasteiger partial charge in [-0.3, -0.25) is 14.3 Å². The van der Waals surface area contributed by atoms with Crippen LogP contribution in [0, 0.1) is 23.7 Å². The molecular formula is C17H24N4O3. The van der Waals surface area contributed by atoms with Crippen LogP contribution in [0.4, 0.5) is 0 Å². The molecule has 0 unspecified atom stereocenters. The molecule has 2 saturated heterocycles. The molecule has 1 aromatic rings. The fraction of sp³-hybridized carbons (Fsp3) is 0.706. The molecule has 3 heterocycles. The van der Waals surface area contributed by atoms with Crippen molar-refractivity contribution in [1.82, 2.24) is 20.0 Å². The Bertz CT molecular complexity index is 658. The van der Waals surface area contributed by atoms with Crippen molar-refractivity contribution in [2.45, 2.75) is 19.4 Å². The number of hydrogen-bond donors (Lipinski definition) is 1. The first kappa shape index (κ1) is 15.6. The second-order valence-corrected chi connectivity index (χ2v) is 7.41. The van der Waals surface area contributed by atoms with E-state index < -0.39 is 0 Å². The van der Waals surface area contributed by atoms with Crippen LogP contribution in [0.5, 0.6) is 0 Å². The van der Waals surface area contributed by atoms with E-state index in [-0.39, 0.29) is 29.8 Å². The summed E-state index contributed by atoms with van der Waals surface area (Å²) in [6, 6.07) is 1.70. The fourth-order valence-electron chi connectivity index (χ4n) is 4.00. The predicted octanol–water partition coefficient (Wildman–Crippen LogP) is 0.279. The Balaban J connectivity index is 1.32. The molecule has 0 bridgehead atoms. The second kappa shape index (κ2) is 5.88. The molecule has 1 aliphatic carbocycles. The lowest BCUT2D eigenvalue weighted by atomic mass is 9.93. The molecule has 3 aliphatic rings. The molecule has 5 atom stereocenters. The number of carbonyl (C=O) groups excluding carboxylic acids is 2. The summed E-state index contributed by atoms with van der Waals surface area (Å²) in [4.78, 5) is 26.6. The normalized spacial score (nSPS) is 34.2. The number of ether oxygens (including phenoxy) is 1. The van der Waals surface area contributed by atoms with Gasteiger partial charge in [0.05, 0.1) is 12.7 Å². The van der Waals surface area contributed by atoms with Crippen LogP contribution in [0.25, 0.3) is 0 Å². The van der Waals surface area contributed by atoms with Crippen LogP contribution in [0.1, 0.15) is 23.8 Å². The summed E-state index contributed by atoms with van der Waals surface area (Å²) in [5, 5.41) is 7.00. The molecule has 130 valence electrons. The van der Waals surface area contributed by atoms with Crippen LogP contribution in [0.2, 0.25) is 0 Å². The van der Waals surface area contributed by atoms with Gasteiger partial charge in [-0.1, -0.05) is 6.92 Å². The maximum Gasteiger partial charge on any atom is 0.269 e. The van der Waals surface area contributed by atoms with E-state index in [1.807, 2.05) is 4.90 Å². The zero-order chi connectivity index (χ0) is 16.8. The molecule has 2 aliphatic heterocycles. The highest BCUT2D eigenvalue weighted by atomic mass is 16.5. The Kier molecular flexibility index (Phi) is 3.83. The fourth-order valence-corrected chi connectivity index (χ4v) is 4.00. The van der Waals surface area contributed by atoms with Crippen LogP contribution in [0.3, 0.4) is 0 Å². The third kappa shape index (κ3) is 2.70. The van der Waals surface area contributed by atoms with Crippen molar-refractivity contribution in [3.63, 3.8) is 0 Å². The van der Waals surface area contributed by atoms with Gasteiger partial charge in [0.2, 0.25) is 5.91 Å². The molecule has 7 heteroatoms. The van der Waals surface area contributed by atoms with E-state index in [1.54, 1.807) is 24.0 Å². The molecule has 0 spiro atoms. The van der Waals surface area contributed by atoms with Gasteiger partial charge in [-0.15, -0.1) is 0 Å². The quantitative estimate of drug-likeness (QED) is 0.859. The van der Waals surface area contributed by atoms with Crippen LogP contribution >= 0.6 is 0 Å². The topological polar surface area (TPSA) is 76.5 Å². The first-order valence-electron chi connectivity index (χ1n) is 8.71. The predicted molar refractivity (Wildman–Crippen MR) is 86.1 cm³/mol. The third-order valence-corrected chi connectivity index (χ3v) is 5.76. The molecular weight excluding hydrogens is 308 g/mol. The summed E-state index contributed by atoms with van der Waals surface area (Å²) >= 11 is 0. The number of rotatable bonds is 4. The summed E-state index contributed by atoms with van der Waals surface area (Å²) in [5.74, 6) is 1.53. The molecule has 7 nitrogen and oxygen atoms in total. The lowest BCUT2D eigenvalue weighted by Crippen LogP contribution is -2.36. The Hall–Kier alpha value is -1.89. The lowest BCUT2D eigenvalue weighted by molar-refractivity contribution is -0.132. The van der Waals surface area contributed by atoms with E-state index in [0.29, 0.717) is 37.2 Å². The molecule has 2 amide bonds. The van der Waals surface area contributed by atoms with Crippen molar-refractivity contribution in [1.29, 1.82) is 0 Å². The number of nitrogens with one attached hydrogen (secondary N) is 1. The van der Waals surface area contributed by atoms with Gasteiger partial charge < -0.3 is 15.0 Å². The van der Waals surface area contributed by atoms with Crippen LogP contribution in [0.15, 0.2) is 12.3 Å². The number of hydrogen-bond acceptors (Lipinski definition) is 4. The van der Waals surface area contributed by atoms with Gasteiger partial charge in [-0.25, -0.2) is 0 Å². The van der Waals surface area contributed by atoms with Crippen molar-refractivity contribution < 1.29 is 14.3 Å². The van der Waals surface area contributed by atoms with E-state index in [4.69, 9.17) is 4.74 Å². The SMILES string of the molecule is C[C@@H]1C[C@@H]1C(=O)N1C[C@@H]2[C@@H](CNC(=O)c3ccnn3C)CO[C@@H]2C1. The molecule has 4 rings (SSSR count). The number of likely N-dealkylation sites (tertiary alicyclic amines) is 1. The molecule has 0 aromatic carbocycles. The summed E-state index contributed by atoms with van der Waals surface area (Å²) < 4.78 is 7.45. The van der Waals surface area contributed by atoms with Crippen molar-refractivity contribution in [2.75, 3.05) is 26.2 Å². The van der Waals surface area contributed by atoms with E-state index in [2.05, 4.69) is 17.3 Å². The van der Waals surface area contributed by atoms with Crippen molar-refractivity contribution in [2.24, 2.45) is 30.7 Å². The molecule has 24 heavy (non-hydrogen) atoms. The number of nitrogens with zero attached hydrogens (tertiary/aromatic N) is 3. The van der Waals surface area contributed by atoms with Gasteiger partial charge in [0.25, 0.3) is 5.91 Å². The maximum atomic E-state index is 12.4. The van der Waals surface area contributed by atoms with Gasteiger partial charge in [-0.05, 0) is 18.4 Å². The lowest BCUT2D eigenvalue weighted by Gasteiger charge is -2.20. The van der Waals surface area contributed by atoms with Crippen LogP contribution in [-0.4, -0.2) is 58.8 Å². The highest BCUT2D eigenvalue weighted by Gasteiger charge is 2.49. The van der Waals surface area contributed by atoms with E-state index >= 15 is 0 Å². The number of fused-ring (bicyclic) bond motifs is 1. The first-order valence-corrected chi connectivity index (χ1v) is 8.71. The Morgan fingerprint density at radius 2 is 2.21 bits per heavy atom. The third-order valence-electron chi connectivity index (χ3n) is 5.76. The minimum Gasteiger partial charge on any atom is -0.376 e. The average molecular weight is 332 g/mol. The number of amides is 2. The van der Waals surface area contributed by atoms with Gasteiger partial charge in [0.15, 0.2) is 0 Å². The number of carbonyl (C=O) groups is 2. The Morgan fingerprint density at radius 3 is 2.88 bits per heavy atom. The average Bonchev–Trinajstić information content (AvgIpc) is 2.94. The largest absolute Gasteiger partial charge is 0.376 e. The number of aromatic nitrogens is 2. The second-order valence-electron chi connectivity index (χ2n) is 7.41. The molecule has 1 N–H and O–H groups in total. The highest BCUT2D eigenvalue weighted by Crippen LogP contribution is 2.41.